The molecule has 0 aliphatic rings. The highest BCUT2D eigenvalue weighted by Crippen LogP contribution is 2.31. The highest BCUT2D eigenvalue weighted by Gasteiger charge is 2.30. The van der Waals surface area contributed by atoms with Crippen LogP contribution in [-0.4, -0.2) is 25.0 Å². The summed E-state index contributed by atoms with van der Waals surface area (Å²) < 4.78 is 81.9. The lowest BCUT2D eigenvalue weighted by atomic mass is 10.2. The van der Waals surface area contributed by atoms with Gasteiger partial charge in [-0.05, 0) is 30.3 Å². The van der Waals surface area contributed by atoms with Crippen molar-refractivity contribution in [3.05, 3.63) is 59.4 Å². The lowest BCUT2D eigenvalue weighted by Crippen LogP contribution is -2.36. The summed E-state index contributed by atoms with van der Waals surface area (Å²) in [5.41, 5.74) is -1.59. The van der Waals surface area contributed by atoms with Crippen LogP contribution in [0.4, 0.5) is 32.0 Å². The topological polar surface area (TPSA) is 67.4 Å². The van der Waals surface area contributed by atoms with Gasteiger partial charge in [-0.2, -0.15) is 13.2 Å². The van der Waals surface area contributed by atoms with Crippen molar-refractivity contribution in [2.45, 2.75) is 6.18 Å². The Morgan fingerprint density at radius 2 is 1.68 bits per heavy atom. The summed E-state index contributed by atoms with van der Waals surface area (Å²) in [4.78, 5) is 23.2. The van der Waals surface area contributed by atoms with Crippen molar-refractivity contribution >= 4 is 17.5 Å². The Balaban J connectivity index is 1.83. The number of ether oxygens (including phenoxy) is 1. The van der Waals surface area contributed by atoms with Crippen LogP contribution in [0.2, 0.25) is 0 Å². The summed E-state index contributed by atoms with van der Waals surface area (Å²) in [5.74, 6) is -6.81. The molecule has 5 nitrogen and oxygen atoms in total. The van der Waals surface area contributed by atoms with Crippen molar-refractivity contribution < 1.29 is 40.7 Å². The number of carbonyl (C=O) groups excluding carboxylic acids is 2. The van der Waals surface area contributed by atoms with Gasteiger partial charge in [-0.3, -0.25) is 9.59 Å². The predicted octanol–water partition coefficient (Wildman–Crippen LogP) is 3.26. The van der Waals surface area contributed by atoms with Crippen molar-refractivity contribution in [3.63, 3.8) is 0 Å². The number of halogens is 6. The summed E-state index contributed by atoms with van der Waals surface area (Å²) >= 11 is 0. The van der Waals surface area contributed by atoms with E-state index in [4.69, 9.17) is 4.74 Å². The Kier molecular flexibility index (Phi) is 6.49. The fourth-order valence-electron chi connectivity index (χ4n) is 1.96. The molecule has 0 unspecified atom stereocenters. The number of hydrogen-bond donors (Lipinski definition) is 2. The van der Waals surface area contributed by atoms with E-state index in [0.29, 0.717) is 12.1 Å². The van der Waals surface area contributed by atoms with Gasteiger partial charge in [0.15, 0.2) is 24.1 Å². The van der Waals surface area contributed by atoms with Crippen LogP contribution in [0.1, 0.15) is 5.56 Å². The summed E-state index contributed by atoms with van der Waals surface area (Å²) in [7, 11) is 0. The van der Waals surface area contributed by atoms with Gasteiger partial charge in [0.1, 0.15) is 5.75 Å². The molecule has 0 saturated carbocycles. The normalized spacial score (nSPS) is 11.1. The second-order valence-corrected chi connectivity index (χ2v) is 5.36. The molecule has 11 heteroatoms. The maximum Gasteiger partial charge on any atom is 0.416 e. The molecule has 0 radical (unpaired) electrons. The molecule has 28 heavy (non-hydrogen) atoms. The van der Waals surface area contributed by atoms with Gasteiger partial charge in [0, 0.05) is 0 Å². The Labute approximate surface area is 154 Å². The van der Waals surface area contributed by atoms with E-state index in [1.54, 1.807) is 0 Å². The Bertz CT molecular complexity index is 886. The van der Waals surface area contributed by atoms with Crippen LogP contribution in [0, 0.1) is 17.5 Å². The Morgan fingerprint density at radius 3 is 2.36 bits per heavy atom. The van der Waals surface area contributed by atoms with Crippen LogP contribution >= 0.6 is 0 Å². The number of hydrogen-bond acceptors (Lipinski definition) is 3. The van der Waals surface area contributed by atoms with E-state index in [1.807, 2.05) is 5.32 Å². The minimum atomic E-state index is -4.57. The third-order valence-corrected chi connectivity index (χ3v) is 3.29. The van der Waals surface area contributed by atoms with Crippen LogP contribution in [0.25, 0.3) is 0 Å². The number of carbonyl (C=O) groups is 2. The molecule has 150 valence electrons. The van der Waals surface area contributed by atoms with Crippen LogP contribution in [0.5, 0.6) is 5.75 Å². The first kappa shape index (κ1) is 21.1. The molecule has 2 amide bonds. The standard InChI is InChI=1S/C17H12F6N2O3/c18-11-4-5-12(16(20)15(11)19)25-13(26)7-24-14(27)8-28-10-3-1-2-9(6-10)17(21,22)23/h1-6H,7-8H2,(H,24,27)(H,25,26). The average Bonchev–Trinajstić information content (AvgIpc) is 2.65. The quantitative estimate of drug-likeness (QED) is 0.572. The third-order valence-electron chi connectivity index (χ3n) is 3.29. The number of rotatable bonds is 6. The molecule has 0 atom stereocenters. The van der Waals surface area contributed by atoms with E-state index in [0.717, 1.165) is 18.2 Å². The number of benzene rings is 2. The number of amides is 2. The molecule has 0 fully saturated rings. The van der Waals surface area contributed by atoms with Gasteiger partial charge in [0.2, 0.25) is 5.91 Å². The zero-order valence-electron chi connectivity index (χ0n) is 13.9. The van der Waals surface area contributed by atoms with Crippen LogP contribution in [0.3, 0.4) is 0 Å². The number of nitrogens with one attached hydrogen (secondary N) is 2. The molecule has 0 aromatic heterocycles. The minimum Gasteiger partial charge on any atom is -0.484 e. The molecule has 0 bridgehead atoms. The maximum atomic E-state index is 13.4. The lowest BCUT2D eigenvalue weighted by molar-refractivity contribution is -0.137. The van der Waals surface area contributed by atoms with Gasteiger partial charge in [0.05, 0.1) is 17.8 Å². The Morgan fingerprint density at radius 1 is 0.964 bits per heavy atom. The molecule has 0 aliphatic carbocycles. The molecule has 2 aromatic rings. The zero-order chi connectivity index (χ0) is 20.9. The first-order valence-corrected chi connectivity index (χ1v) is 7.58. The van der Waals surface area contributed by atoms with E-state index in [1.165, 1.54) is 6.07 Å². The summed E-state index contributed by atoms with van der Waals surface area (Å²) in [6.45, 7) is -1.35. The van der Waals surface area contributed by atoms with Gasteiger partial charge in [-0.1, -0.05) is 6.07 Å². The molecule has 2 aromatic carbocycles. The van der Waals surface area contributed by atoms with Gasteiger partial charge >= 0.3 is 6.18 Å². The molecule has 0 spiro atoms. The lowest BCUT2D eigenvalue weighted by Gasteiger charge is -2.11. The van der Waals surface area contributed by atoms with Crippen LogP contribution in [-0.2, 0) is 15.8 Å². The number of anilines is 1. The molecule has 0 saturated heterocycles. The smallest absolute Gasteiger partial charge is 0.416 e. The molecule has 0 aliphatic heterocycles. The van der Waals surface area contributed by atoms with Crippen molar-refractivity contribution in [1.29, 1.82) is 0 Å². The summed E-state index contributed by atoms with van der Waals surface area (Å²) in [5, 5.41) is 4.01. The first-order chi connectivity index (χ1) is 13.1. The largest absolute Gasteiger partial charge is 0.484 e. The molecular formula is C17H12F6N2O3. The predicted molar refractivity (Wildman–Crippen MR) is 84.9 cm³/mol. The van der Waals surface area contributed by atoms with Crippen molar-refractivity contribution in [3.8, 4) is 5.75 Å². The van der Waals surface area contributed by atoms with E-state index in [2.05, 4.69) is 5.32 Å². The fraction of sp³-hybridized carbons (Fsp3) is 0.176. The summed E-state index contributed by atoms with van der Waals surface area (Å²) in [6.07, 6.45) is -4.57. The minimum absolute atomic E-state index is 0.210. The third kappa shape index (κ3) is 5.63. The highest BCUT2D eigenvalue weighted by molar-refractivity contribution is 5.94. The number of alkyl halides is 3. The van der Waals surface area contributed by atoms with Gasteiger partial charge in [-0.25, -0.2) is 13.2 Å². The van der Waals surface area contributed by atoms with E-state index >= 15 is 0 Å². The molecule has 0 heterocycles. The van der Waals surface area contributed by atoms with Gasteiger partial charge in [0.25, 0.3) is 5.91 Å². The zero-order valence-corrected chi connectivity index (χ0v) is 13.9. The van der Waals surface area contributed by atoms with Crippen molar-refractivity contribution in [2.24, 2.45) is 0 Å². The second-order valence-electron chi connectivity index (χ2n) is 5.36. The molecular weight excluding hydrogens is 394 g/mol. The highest BCUT2D eigenvalue weighted by atomic mass is 19.4. The van der Waals surface area contributed by atoms with Crippen LogP contribution < -0.4 is 15.4 Å². The Hall–Kier alpha value is -3.24. The second kappa shape index (κ2) is 8.63. The SMILES string of the molecule is O=C(COc1cccc(C(F)(F)F)c1)NCC(=O)Nc1ccc(F)c(F)c1F. The summed E-state index contributed by atoms with van der Waals surface area (Å²) in [6, 6.07) is 5.24. The molecule has 2 rings (SSSR count). The van der Waals surface area contributed by atoms with Crippen molar-refractivity contribution in [1.82, 2.24) is 5.32 Å². The first-order valence-electron chi connectivity index (χ1n) is 7.58. The van der Waals surface area contributed by atoms with Gasteiger partial charge in [-0.15, -0.1) is 0 Å². The molecule has 2 N–H and O–H groups in total. The van der Waals surface area contributed by atoms with E-state index in [-0.39, 0.29) is 5.75 Å². The van der Waals surface area contributed by atoms with E-state index in [9.17, 15) is 35.9 Å². The average molecular weight is 406 g/mol. The van der Waals surface area contributed by atoms with Crippen LogP contribution in [0.15, 0.2) is 36.4 Å². The van der Waals surface area contributed by atoms with Gasteiger partial charge < -0.3 is 15.4 Å². The van der Waals surface area contributed by atoms with Crippen molar-refractivity contribution in [2.75, 3.05) is 18.5 Å². The van der Waals surface area contributed by atoms with E-state index < -0.39 is 59.8 Å². The fourth-order valence-corrected chi connectivity index (χ4v) is 1.96. The monoisotopic (exact) mass is 406 g/mol. The maximum absolute atomic E-state index is 13.4.